The zero-order valence-corrected chi connectivity index (χ0v) is 25.7. The minimum absolute atomic E-state index is 0.00908. The third-order valence-corrected chi connectivity index (χ3v) is 10.6. The smallest absolute Gasteiger partial charge is 0.319 e. The molecule has 5 heterocycles. The fourth-order valence-corrected chi connectivity index (χ4v) is 8.19. The highest BCUT2D eigenvalue weighted by Gasteiger charge is 2.56. The second kappa shape index (κ2) is 10.7. The molecule has 2 N–H and O–H groups in total. The molecule has 8 nitrogen and oxygen atoms in total. The van der Waals surface area contributed by atoms with Crippen molar-refractivity contribution in [1.29, 1.82) is 0 Å². The number of pyridine rings is 1. The monoisotopic (exact) mass is 642 g/mol. The van der Waals surface area contributed by atoms with Crippen LogP contribution in [0.3, 0.4) is 0 Å². The number of fused-ring (bicyclic) bond motifs is 4. The fraction of sp³-hybridized carbons (Fsp3) is 0.472. The van der Waals surface area contributed by atoms with E-state index in [1.165, 1.54) is 6.07 Å². The van der Waals surface area contributed by atoms with Crippen LogP contribution in [0, 0.1) is 24.1 Å². The van der Waals surface area contributed by atoms with Gasteiger partial charge in [0.15, 0.2) is 0 Å². The summed E-state index contributed by atoms with van der Waals surface area (Å²) in [7, 11) is 0. The Bertz CT molecular complexity index is 2070. The third kappa shape index (κ3) is 4.63. The lowest BCUT2D eigenvalue weighted by atomic mass is 9.92. The quantitative estimate of drug-likeness (QED) is 0.216. The molecule has 2 aromatic heterocycles. The van der Waals surface area contributed by atoms with Gasteiger partial charge in [0.2, 0.25) is 0 Å². The third-order valence-electron chi connectivity index (χ3n) is 10.6. The van der Waals surface area contributed by atoms with Crippen LogP contribution in [0.2, 0.25) is 0 Å². The Balaban J connectivity index is 1.27. The van der Waals surface area contributed by atoms with Gasteiger partial charge in [-0.3, -0.25) is 9.88 Å². The van der Waals surface area contributed by atoms with Crippen LogP contribution < -0.4 is 15.4 Å². The van der Waals surface area contributed by atoms with Gasteiger partial charge < -0.3 is 20.1 Å². The van der Waals surface area contributed by atoms with Gasteiger partial charge in [-0.2, -0.15) is 9.97 Å². The Labute approximate surface area is 273 Å². The van der Waals surface area contributed by atoms with Crippen molar-refractivity contribution in [2.45, 2.75) is 61.9 Å². The molecule has 3 aliphatic heterocycles. The number of terminal acetylenes is 1. The van der Waals surface area contributed by atoms with E-state index in [2.05, 4.69) is 5.92 Å². The lowest BCUT2D eigenvalue weighted by Crippen LogP contribution is -2.43. The molecular weight excluding hydrogens is 605 g/mol. The Morgan fingerprint density at radius 3 is 2.91 bits per heavy atom. The van der Waals surface area contributed by atoms with Crippen LogP contribution >= 0.6 is 0 Å². The Hall–Kier alpha value is -4.14. The van der Waals surface area contributed by atoms with Gasteiger partial charge in [-0.15, -0.1) is 6.42 Å². The van der Waals surface area contributed by atoms with Crippen LogP contribution in [0.5, 0.6) is 6.01 Å². The van der Waals surface area contributed by atoms with Gasteiger partial charge in [0, 0.05) is 53.8 Å². The molecule has 5 fully saturated rings. The van der Waals surface area contributed by atoms with Crippen molar-refractivity contribution in [2.24, 2.45) is 5.92 Å². The first-order chi connectivity index (χ1) is 23.6. The van der Waals surface area contributed by atoms with Gasteiger partial charge >= 0.3 is 6.01 Å². The first-order valence-electron chi connectivity index (χ1n) is 17.4. The zero-order chi connectivity index (χ0) is 33.8. The van der Waals surface area contributed by atoms with E-state index >= 15 is 8.78 Å². The molecule has 11 heteroatoms. The van der Waals surface area contributed by atoms with E-state index in [0.29, 0.717) is 77.2 Å². The minimum Gasteiger partial charge on any atom is -0.461 e. The summed E-state index contributed by atoms with van der Waals surface area (Å²) in [4.78, 5) is 18.3. The normalized spacial score (nSPS) is 29.6. The molecule has 2 aromatic carbocycles. The summed E-state index contributed by atoms with van der Waals surface area (Å²) in [6, 6.07) is 5.73. The first kappa shape index (κ1) is 26.9. The molecule has 0 amide bonds. The van der Waals surface area contributed by atoms with E-state index < -0.39 is 36.3 Å². The SMILES string of the molecule is [2H]C([2H])(Oc1nc(N2CCOC[C@H]3[C@H](F)[C@H]32)c2cnc(-c3cc(N)cc4ccc(F)c(C#C)c34)c(C3CC3)c2n1)[C@@]12CCCN1C[C@H](F)C2. The topological polar surface area (TPSA) is 89.6 Å². The molecule has 0 radical (unpaired) electrons. The average Bonchev–Trinajstić information content (AvgIpc) is 3.95. The van der Waals surface area contributed by atoms with Crippen molar-refractivity contribution < 1.29 is 25.4 Å². The molecule has 0 unspecified atom stereocenters. The lowest BCUT2D eigenvalue weighted by molar-refractivity contribution is 0.107. The molecule has 3 saturated heterocycles. The second-order valence-electron chi connectivity index (χ2n) is 13.6. The molecule has 0 spiro atoms. The summed E-state index contributed by atoms with van der Waals surface area (Å²) in [6.45, 7) is -0.595. The molecule has 5 aliphatic rings. The number of hydrogen-bond donors (Lipinski definition) is 1. The van der Waals surface area contributed by atoms with Crippen molar-refractivity contribution in [1.82, 2.24) is 19.9 Å². The number of halogens is 3. The van der Waals surface area contributed by atoms with Gasteiger partial charge in [-0.1, -0.05) is 12.0 Å². The molecule has 2 aliphatic carbocycles. The number of nitrogen functional groups attached to an aromatic ring is 1. The van der Waals surface area contributed by atoms with Gasteiger partial charge in [-0.05, 0) is 61.7 Å². The summed E-state index contributed by atoms with van der Waals surface area (Å²) in [5, 5.41) is 1.72. The fourth-order valence-electron chi connectivity index (χ4n) is 8.19. The van der Waals surface area contributed by atoms with Crippen LogP contribution in [0.15, 0.2) is 30.5 Å². The maximum Gasteiger partial charge on any atom is 0.319 e. The van der Waals surface area contributed by atoms with Crippen LogP contribution in [0.25, 0.3) is 32.9 Å². The Morgan fingerprint density at radius 2 is 2.09 bits per heavy atom. The molecule has 5 atom stereocenters. The Kier molecular flexibility index (Phi) is 6.11. The maximum absolute atomic E-state index is 15.2. The minimum atomic E-state index is -2.33. The number of rotatable bonds is 6. The maximum atomic E-state index is 15.2. The first-order valence-corrected chi connectivity index (χ1v) is 16.4. The van der Waals surface area contributed by atoms with Crippen LogP contribution in [-0.2, 0) is 4.74 Å². The summed E-state index contributed by atoms with van der Waals surface area (Å²) in [5.41, 5.74) is 8.07. The molecule has 2 saturated carbocycles. The Morgan fingerprint density at radius 1 is 1.21 bits per heavy atom. The van der Waals surface area contributed by atoms with Gasteiger partial charge in [-0.25, -0.2) is 13.2 Å². The van der Waals surface area contributed by atoms with E-state index in [4.69, 9.17) is 36.6 Å². The molecule has 47 heavy (non-hydrogen) atoms. The van der Waals surface area contributed by atoms with E-state index in [1.54, 1.807) is 24.4 Å². The highest BCUT2D eigenvalue weighted by molar-refractivity contribution is 6.05. The summed E-state index contributed by atoms with van der Waals surface area (Å²) >= 11 is 0. The van der Waals surface area contributed by atoms with Crippen molar-refractivity contribution in [3.05, 3.63) is 47.4 Å². The van der Waals surface area contributed by atoms with Crippen molar-refractivity contribution in [3.63, 3.8) is 0 Å². The molecule has 4 aromatic rings. The largest absolute Gasteiger partial charge is 0.461 e. The predicted molar refractivity (Wildman–Crippen MR) is 173 cm³/mol. The van der Waals surface area contributed by atoms with Crippen molar-refractivity contribution in [2.75, 3.05) is 50.0 Å². The van der Waals surface area contributed by atoms with Crippen LogP contribution in [-0.4, -0.2) is 83.2 Å². The lowest BCUT2D eigenvalue weighted by Gasteiger charge is -2.31. The zero-order valence-electron chi connectivity index (χ0n) is 27.7. The number of nitrogens with zero attached hydrogens (tertiary/aromatic N) is 5. The molecule has 242 valence electrons. The van der Waals surface area contributed by atoms with Crippen molar-refractivity contribution >= 4 is 33.2 Å². The predicted octanol–water partition coefficient (Wildman–Crippen LogP) is 5.55. The van der Waals surface area contributed by atoms with E-state index in [0.717, 1.165) is 24.8 Å². The highest BCUT2D eigenvalue weighted by Crippen LogP contribution is 2.51. The number of aromatic nitrogens is 3. The van der Waals surface area contributed by atoms with Crippen LogP contribution in [0.1, 0.15) is 51.9 Å². The van der Waals surface area contributed by atoms with Gasteiger partial charge in [0.1, 0.15) is 30.5 Å². The highest BCUT2D eigenvalue weighted by atomic mass is 19.1. The summed E-state index contributed by atoms with van der Waals surface area (Å²) < 4.78 is 75.3. The van der Waals surface area contributed by atoms with Gasteiger partial charge in [0.25, 0.3) is 0 Å². The number of anilines is 2. The van der Waals surface area contributed by atoms with E-state index in [9.17, 15) is 7.13 Å². The van der Waals surface area contributed by atoms with Crippen LogP contribution in [0.4, 0.5) is 24.7 Å². The number of hydrogen-bond acceptors (Lipinski definition) is 8. The molecular formula is C36H35F3N6O2. The average molecular weight is 643 g/mol. The summed E-state index contributed by atoms with van der Waals surface area (Å²) in [6.07, 6.45) is 8.04. The number of nitrogens with two attached hydrogens (primary N) is 1. The standard InChI is InChI=1S/C36H35F3N6O2/c1-2-23-27(38)7-6-20-12-22(40)13-24(28(20)23)31-29(19-4-5-19)32-25(15-41-31)34(45-10-11-46-17-26-30(39)33(26)45)43-35(42-32)47-18-36-8-3-9-44(36)16-21(37)14-36/h1,6-7,12-13,15,19,21,26,30,33H,3-5,8-11,14,16-18,40H2/t21-,26+,30+,33+,36+/m1/s1/i18D2. The summed E-state index contributed by atoms with van der Waals surface area (Å²) in [5.74, 6) is 2.05. The van der Waals surface area contributed by atoms with Crippen molar-refractivity contribution in [3.8, 4) is 29.6 Å². The number of ether oxygens (including phenoxy) is 2. The van der Waals surface area contributed by atoms with Gasteiger partial charge in [0.05, 0.1) is 49.7 Å². The second-order valence-corrected chi connectivity index (χ2v) is 13.6. The number of benzene rings is 2. The molecule has 0 bridgehead atoms. The molecule has 9 rings (SSSR count). The number of alkyl halides is 2. The van der Waals surface area contributed by atoms with E-state index in [-0.39, 0.29) is 36.4 Å². The van der Waals surface area contributed by atoms with E-state index in [1.807, 2.05) is 9.80 Å².